The van der Waals surface area contributed by atoms with E-state index in [4.69, 9.17) is 4.74 Å². The normalized spacial score (nSPS) is 13.4. The summed E-state index contributed by atoms with van der Waals surface area (Å²) in [5.74, 6) is 0.745. The van der Waals surface area contributed by atoms with Gasteiger partial charge in [-0.1, -0.05) is 42.5 Å². The second-order valence-corrected chi connectivity index (χ2v) is 8.88. The Bertz CT molecular complexity index is 1140. The number of para-hydroxylation sites is 1. The molecule has 0 spiro atoms. The Labute approximate surface area is 207 Å². The molecule has 0 aromatic heterocycles. The third-order valence-electron chi connectivity index (χ3n) is 6.52. The molecule has 0 atom stereocenters. The fourth-order valence-electron chi connectivity index (χ4n) is 4.24. The summed E-state index contributed by atoms with van der Waals surface area (Å²) in [6.45, 7) is 8.11. The first-order chi connectivity index (χ1) is 17.0. The molecule has 1 aliphatic rings. The van der Waals surface area contributed by atoms with Crippen molar-refractivity contribution in [2.75, 3.05) is 37.7 Å². The van der Waals surface area contributed by atoms with Crippen molar-refractivity contribution in [3.8, 4) is 5.75 Å². The minimum atomic E-state index is -0.0669. The van der Waals surface area contributed by atoms with Crippen LogP contribution in [0.4, 0.5) is 5.69 Å². The van der Waals surface area contributed by atoms with Gasteiger partial charge in [-0.3, -0.25) is 9.59 Å². The van der Waals surface area contributed by atoms with Gasteiger partial charge in [-0.05, 0) is 60.9 Å². The lowest BCUT2D eigenvalue weighted by molar-refractivity contribution is -0.121. The number of ether oxygens (including phenoxy) is 1. The summed E-state index contributed by atoms with van der Waals surface area (Å²) in [5, 5.41) is 2.91. The predicted molar refractivity (Wildman–Crippen MR) is 139 cm³/mol. The van der Waals surface area contributed by atoms with Crippen molar-refractivity contribution in [2.45, 2.75) is 26.8 Å². The molecule has 0 aliphatic carbocycles. The number of anilines is 1. The van der Waals surface area contributed by atoms with Crippen LogP contribution in [0.15, 0.2) is 72.8 Å². The molecule has 3 aromatic carbocycles. The molecule has 1 saturated heterocycles. The van der Waals surface area contributed by atoms with Crippen LogP contribution in [0.3, 0.4) is 0 Å². The summed E-state index contributed by atoms with van der Waals surface area (Å²) in [4.78, 5) is 29.4. The number of nitrogens with one attached hydrogen (secondary N) is 1. The van der Waals surface area contributed by atoms with Crippen molar-refractivity contribution in [3.63, 3.8) is 0 Å². The van der Waals surface area contributed by atoms with E-state index in [0.717, 1.165) is 24.4 Å². The Hall–Kier alpha value is -3.80. The van der Waals surface area contributed by atoms with Crippen LogP contribution in [0, 0.1) is 13.8 Å². The molecule has 182 valence electrons. The lowest BCUT2D eigenvalue weighted by Gasteiger charge is -2.37. The quantitative estimate of drug-likeness (QED) is 0.531. The van der Waals surface area contributed by atoms with E-state index >= 15 is 0 Å². The number of rotatable bonds is 8. The lowest BCUT2D eigenvalue weighted by atomic mass is 10.1. The Kier molecular flexibility index (Phi) is 8.03. The molecule has 2 amide bonds. The van der Waals surface area contributed by atoms with Crippen molar-refractivity contribution in [1.29, 1.82) is 0 Å². The minimum absolute atomic E-state index is 0.0549. The zero-order chi connectivity index (χ0) is 24.6. The van der Waals surface area contributed by atoms with E-state index in [9.17, 15) is 9.59 Å². The molecule has 0 saturated carbocycles. The van der Waals surface area contributed by atoms with Crippen molar-refractivity contribution in [1.82, 2.24) is 10.2 Å². The number of amides is 2. The number of carbonyl (C=O) groups is 2. The van der Waals surface area contributed by atoms with Crippen LogP contribution >= 0.6 is 0 Å². The van der Waals surface area contributed by atoms with Crippen LogP contribution in [0.5, 0.6) is 5.75 Å². The summed E-state index contributed by atoms with van der Waals surface area (Å²) in [5.41, 5.74) is 5.49. The molecular formula is C29H33N3O3. The van der Waals surface area contributed by atoms with E-state index in [0.29, 0.717) is 38.2 Å². The van der Waals surface area contributed by atoms with Crippen LogP contribution in [0.25, 0.3) is 0 Å². The van der Waals surface area contributed by atoms with E-state index in [1.165, 1.54) is 16.8 Å². The summed E-state index contributed by atoms with van der Waals surface area (Å²) >= 11 is 0. The number of carbonyl (C=O) groups excluding carboxylic acids is 2. The van der Waals surface area contributed by atoms with E-state index in [1.54, 1.807) is 0 Å². The van der Waals surface area contributed by atoms with Crippen molar-refractivity contribution in [2.24, 2.45) is 0 Å². The largest absolute Gasteiger partial charge is 0.493 e. The van der Waals surface area contributed by atoms with E-state index in [-0.39, 0.29) is 11.8 Å². The number of hydrogen-bond donors (Lipinski definition) is 1. The molecule has 6 nitrogen and oxygen atoms in total. The first-order valence-electron chi connectivity index (χ1n) is 12.1. The third kappa shape index (κ3) is 6.41. The molecule has 35 heavy (non-hydrogen) atoms. The maximum Gasteiger partial charge on any atom is 0.253 e. The fraction of sp³-hybridized carbons (Fsp3) is 0.310. The number of nitrogens with zero attached hydrogens (tertiary/aromatic N) is 2. The number of hydrogen-bond acceptors (Lipinski definition) is 4. The van der Waals surface area contributed by atoms with E-state index in [1.807, 2.05) is 59.5 Å². The number of aryl methyl sites for hydroxylation is 1. The molecule has 1 aliphatic heterocycles. The second kappa shape index (κ2) is 11.6. The fourth-order valence-corrected chi connectivity index (χ4v) is 4.24. The lowest BCUT2D eigenvalue weighted by Crippen LogP contribution is -2.49. The number of benzene rings is 3. The molecule has 1 heterocycles. The Morgan fingerprint density at radius 3 is 2.29 bits per heavy atom. The Morgan fingerprint density at radius 1 is 0.857 bits per heavy atom. The molecule has 4 rings (SSSR count). The molecule has 0 unspecified atom stereocenters. The third-order valence-corrected chi connectivity index (χ3v) is 6.52. The molecular weight excluding hydrogens is 438 g/mol. The van der Waals surface area contributed by atoms with Crippen LogP contribution < -0.4 is 15.0 Å². The van der Waals surface area contributed by atoms with Crippen LogP contribution in [-0.2, 0) is 11.3 Å². The molecule has 3 aromatic rings. The maximum absolute atomic E-state index is 13.0. The molecule has 6 heteroatoms. The highest BCUT2D eigenvalue weighted by Crippen LogP contribution is 2.24. The van der Waals surface area contributed by atoms with Gasteiger partial charge in [0.15, 0.2) is 0 Å². The summed E-state index contributed by atoms with van der Waals surface area (Å²) in [6, 6.07) is 23.3. The SMILES string of the molecule is Cc1cccc(N2CCN(C(=O)c3ccc(CNC(=O)CCOc4ccccc4)cc3)CC2)c1C. The molecule has 0 radical (unpaired) electrons. The number of piperazine rings is 1. The van der Waals surface area contributed by atoms with Gasteiger partial charge in [0, 0.05) is 44.0 Å². The summed E-state index contributed by atoms with van der Waals surface area (Å²) in [7, 11) is 0. The average Bonchev–Trinajstić information content (AvgIpc) is 2.90. The van der Waals surface area contributed by atoms with Gasteiger partial charge in [0.25, 0.3) is 5.91 Å². The topological polar surface area (TPSA) is 61.9 Å². The van der Waals surface area contributed by atoms with Crippen LogP contribution in [-0.4, -0.2) is 49.5 Å². The monoisotopic (exact) mass is 471 g/mol. The van der Waals surface area contributed by atoms with Crippen LogP contribution in [0.1, 0.15) is 33.5 Å². The molecule has 1 N–H and O–H groups in total. The summed E-state index contributed by atoms with van der Waals surface area (Å²) < 4.78 is 5.57. The second-order valence-electron chi connectivity index (χ2n) is 8.88. The summed E-state index contributed by atoms with van der Waals surface area (Å²) in [6.07, 6.45) is 0.291. The van der Waals surface area contributed by atoms with Gasteiger partial charge < -0.3 is 19.9 Å². The average molecular weight is 472 g/mol. The van der Waals surface area contributed by atoms with Gasteiger partial charge in [0.2, 0.25) is 5.91 Å². The van der Waals surface area contributed by atoms with E-state index < -0.39 is 0 Å². The van der Waals surface area contributed by atoms with E-state index in [2.05, 4.69) is 42.3 Å². The first kappa shape index (κ1) is 24.3. The van der Waals surface area contributed by atoms with Gasteiger partial charge in [-0.25, -0.2) is 0 Å². The predicted octanol–water partition coefficient (Wildman–Crippen LogP) is 4.35. The van der Waals surface area contributed by atoms with Gasteiger partial charge in [-0.15, -0.1) is 0 Å². The maximum atomic E-state index is 13.0. The van der Waals surface area contributed by atoms with Crippen molar-refractivity contribution >= 4 is 17.5 Å². The van der Waals surface area contributed by atoms with Gasteiger partial charge in [0.1, 0.15) is 5.75 Å². The van der Waals surface area contributed by atoms with Crippen molar-refractivity contribution < 1.29 is 14.3 Å². The molecule has 1 fully saturated rings. The highest BCUT2D eigenvalue weighted by atomic mass is 16.5. The zero-order valence-electron chi connectivity index (χ0n) is 20.5. The Morgan fingerprint density at radius 2 is 1.57 bits per heavy atom. The van der Waals surface area contributed by atoms with Crippen molar-refractivity contribution in [3.05, 3.63) is 95.1 Å². The molecule has 0 bridgehead atoms. The Balaban J connectivity index is 1.21. The first-order valence-corrected chi connectivity index (χ1v) is 12.1. The zero-order valence-corrected chi connectivity index (χ0v) is 20.5. The van der Waals surface area contributed by atoms with Gasteiger partial charge in [0.05, 0.1) is 13.0 Å². The smallest absolute Gasteiger partial charge is 0.253 e. The van der Waals surface area contributed by atoms with Gasteiger partial charge in [-0.2, -0.15) is 0 Å². The standard InChI is InChI=1S/C29H33N3O3/c1-22-7-6-10-27(23(22)2)31-16-18-32(19-17-31)29(34)25-13-11-24(12-14-25)21-30-28(33)15-20-35-26-8-4-3-5-9-26/h3-14H,15-21H2,1-2H3,(H,30,33). The van der Waals surface area contributed by atoms with Crippen LogP contribution in [0.2, 0.25) is 0 Å². The highest BCUT2D eigenvalue weighted by Gasteiger charge is 2.23. The minimum Gasteiger partial charge on any atom is -0.493 e. The highest BCUT2D eigenvalue weighted by molar-refractivity contribution is 5.94. The van der Waals surface area contributed by atoms with Gasteiger partial charge >= 0.3 is 0 Å².